The van der Waals surface area contributed by atoms with Crippen molar-refractivity contribution >= 4 is 61.4 Å². The number of fused-ring (bicyclic) bond motifs is 1. The number of thiazole rings is 1. The van der Waals surface area contributed by atoms with Crippen LogP contribution in [0.4, 0.5) is 5.13 Å². The van der Waals surface area contributed by atoms with Crippen molar-refractivity contribution in [2.75, 3.05) is 11.1 Å². The molecule has 182 valence electrons. The van der Waals surface area contributed by atoms with E-state index in [4.69, 9.17) is 0 Å². The zero-order chi connectivity index (χ0) is 24.5. The SMILES string of the molecule is CC1CCc2c(-c3nnc(SCC(=O)Nc4nc(-c5ccc(Br)cc5)cs4)n3C(C)C)csc2C1. The van der Waals surface area contributed by atoms with Gasteiger partial charge in [-0.1, -0.05) is 46.7 Å². The lowest BCUT2D eigenvalue weighted by molar-refractivity contribution is -0.113. The predicted molar refractivity (Wildman–Crippen MR) is 150 cm³/mol. The zero-order valence-corrected chi connectivity index (χ0v) is 23.8. The summed E-state index contributed by atoms with van der Waals surface area (Å²) >= 11 is 8.13. The molecular formula is C25H26BrN5OS3. The summed E-state index contributed by atoms with van der Waals surface area (Å²) in [7, 11) is 0. The Bertz CT molecular complexity index is 1340. The van der Waals surface area contributed by atoms with Gasteiger partial charge in [-0.2, -0.15) is 0 Å². The number of carbonyl (C=O) groups excluding carboxylic acids is 1. The van der Waals surface area contributed by atoms with Gasteiger partial charge in [-0.15, -0.1) is 32.9 Å². The quantitative estimate of drug-likeness (QED) is 0.229. The number of benzene rings is 1. The van der Waals surface area contributed by atoms with Crippen LogP contribution in [0, 0.1) is 5.92 Å². The molecule has 35 heavy (non-hydrogen) atoms. The second kappa shape index (κ2) is 10.5. The largest absolute Gasteiger partial charge is 0.301 e. The van der Waals surface area contributed by atoms with E-state index in [2.05, 4.69) is 67.1 Å². The predicted octanol–water partition coefficient (Wildman–Crippen LogP) is 7.33. The maximum Gasteiger partial charge on any atom is 0.236 e. The van der Waals surface area contributed by atoms with E-state index in [0.29, 0.717) is 5.13 Å². The van der Waals surface area contributed by atoms with Crippen molar-refractivity contribution in [2.24, 2.45) is 5.92 Å². The van der Waals surface area contributed by atoms with Crippen LogP contribution in [0.2, 0.25) is 0 Å². The maximum absolute atomic E-state index is 12.7. The molecule has 4 aromatic rings. The number of nitrogens with one attached hydrogen (secondary N) is 1. The summed E-state index contributed by atoms with van der Waals surface area (Å²) in [6.07, 6.45) is 3.47. The Kier molecular flexibility index (Phi) is 7.43. The van der Waals surface area contributed by atoms with Crippen molar-refractivity contribution in [3.8, 4) is 22.6 Å². The average molecular weight is 589 g/mol. The molecule has 0 saturated carbocycles. The van der Waals surface area contributed by atoms with Gasteiger partial charge in [-0.3, -0.25) is 9.36 Å². The van der Waals surface area contributed by atoms with Gasteiger partial charge in [0.25, 0.3) is 0 Å². The highest BCUT2D eigenvalue weighted by Crippen LogP contribution is 2.39. The van der Waals surface area contributed by atoms with E-state index >= 15 is 0 Å². The molecule has 3 heterocycles. The van der Waals surface area contributed by atoms with Crippen LogP contribution in [0.1, 0.15) is 43.7 Å². The summed E-state index contributed by atoms with van der Waals surface area (Å²) in [5.74, 6) is 1.80. The van der Waals surface area contributed by atoms with Crippen molar-refractivity contribution in [3.05, 3.63) is 49.9 Å². The molecule has 5 rings (SSSR count). The summed E-state index contributed by atoms with van der Waals surface area (Å²) in [6, 6.07) is 8.16. The van der Waals surface area contributed by atoms with Gasteiger partial charge in [-0.05, 0) is 56.7 Å². The monoisotopic (exact) mass is 587 g/mol. The minimum absolute atomic E-state index is 0.103. The van der Waals surface area contributed by atoms with Gasteiger partial charge in [0.1, 0.15) is 0 Å². The Balaban J connectivity index is 1.27. The molecule has 1 aliphatic carbocycles. The van der Waals surface area contributed by atoms with Gasteiger partial charge in [0.2, 0.25) is 5.91 Å². The van der Waals surface area contributed by atoms with Crippen molar-refractivity contribution < 1.29 is 4.79 Å². The van der Waals surface area contributed by atoms with Crippen LogP contribution in [-0.2, 0) is 17.6 Å². The Morgan fingerprint density at radius 1 is 1.23 bits per heavy atom. The van der Waals surface area contributed by atoms with Crippen molar-refractivity contribution in [2.45, 2.75) is 51.2 Å². The number of rotatable bonds is 7. The maximum atomic E-state index is 12.7. The van der Waals surface area contributed by atoms with Gasteiger partial charge in [0, 0.05) is 37.3 Å². The summed E-state index contributed by atoms with van der Waals surface area (Å²) in [5.41, 5.74) is 4.50. The molecule has 1 amide bonds. The smallest absolute Gasteiger partial charge is 0.236 e. The van der Waals surface area contributed by atoms with Gasteiger partial charge in [0.15, 0.2) is 16.1 Å². The molecule has 0 saturated heterocycles. The summed E-state index contributed by atoms with van der Waals surface area (Å²) < 4.78 is 3.18. The zero-order valence-electron chi connectivity index (χ0n) is 19.7. The van der Waals surface area contributed by atoms with Gasteiger partial charge >= 0.3 is 0 Å². The van der Waals surface area contributed by atoms with E-state index in [-0.39, 0.29) is 17.7 Å². The Labute approximate surface area is 225 Å². The Morgan fingerprint density at radius 3 is 2.80 bits per heavy atom. The number of carbonyl (C=O) groups is 1. The number of thiophene rings is 1. The topological polar surface area (TPSA) is 72.7 Å². The molecular weight excluding hydrogens is 562 g/mol. The number of aromatic nitrogens is 4. The summed E-state index contributed by atoms with van der Waals surface area (Å²) in [6.45, 7) is 6.60. The second-order valence-electron chi connectivity index (χ2n) is 9.05. The number of nitrogens with zero attached hydrogens (tertiary/aromatic N) is 4. The molecule has 0 radical (unpaired) electrons. The molecule has 10 heteroatoms. The van der Waals surface area contributed by atoms with Crippen LogP contribution in [0.15, 0.2) is 44.7 Å². The highest BCUT2D eigenvalue weighted by Gasteiger charge is 2.25. The molecule has 0 aliphatic heterocycles. The lowest BCUT2D eigenvalue weighted by Crippen LogP contribution is -2.15. The summed E-state index contributed by atoms with van der Waals surface area (Å²) in [5, 5.41) is 17.5. The van der Waals surface area contributed by atoms with E-state index in [1.54, 1.807) is 0 Å². The molecule has 3 aromatic heterocycles. The molecule has 1 aromatic carbocycles. The fourth-order valence-corrected chi connectivity index (χ4v) is 7.37. The molecule has 1 atom stereocenters. The highest BCUT2D eigenvalue weighted by atomic mass is 79.9. The van der Waals surface area contributed by atoms with Gasteiger partial charge in [0.05, 0.1) is 11.4 Å². The fourth-order valence-electron chi connectivity index (χ4n) is 4.26. The lowest BCUT2D eigenvalue weighted by Gasteiger charge is -2.19. The van der Waals surface area contributed by atoms with Gasteiger partial charge in [-0.25, -0.2) is 4.98 Å². The van der Waals surface area contributed by atoms with E-state index < -0.39 is 0 Å². The van der Waals surface area contributed by atoms with Crippen LogP contribution in [0.5, 0.6) is 0 Å². The lowest BCUT2D eigenvalue weighted by atomic mass is 9.88. The Morgan fingerprint density at radius 2 is 2.03 bits per heavy atom. The van der Waals surface area contributed by atoms with Crippen molar-refractivity contribution in [1.82, 2.24) is 19.7 Å². The third-order valence-corrected chi connectivity index (χ3v) is 9.33. The molecule has 0 bridgehead atoms. The van der Waals surface area contributed by atoms with Crippen LogP contribution in [0.25, 0.3) is 22.6 Å². The number of amides is 1. The Hall–Kier alpha value is -2.01. The molecule has 1 unspecified atom stereocenters. The van der Waals surface area contributed by atoms with Crippen LogP contribution in [-0.4, -0.2) is 31.4 Å². The van der Waals surface area contributed by atoms with E-state index in [9.17, 15) is 4.79 Å². The number of thioether (sulfide) groups is 1. The first-order valence-corrected chi connectivity index (χ1v) is 15.1. The average Bonchev–Trinajstić information content (AvgIpc) is 3.56. The van der Waals surface area contributed by atoms with Crippen molar-refractivity contribution in [1.29, 1.82) is 0 Å². The molecule has 1 aliphatic rings. The summed E-state index contributed by atoms with van der Waals surface area (Å²) in [4.78, 5) is 18.7. The number of hydrogen-bond acceptors (Lipinski definition) is 7. The molecule has 6 nitrogen and oxygen atoms in total. The van der Waals surface area contributed by atoms with Crippen LogP contribution >= 0.6 is 50.4 Å². The van der Waals surface area contributed by atoms with E-state index in [1.807, 2.05) is 41.0 Å². The highest BCUT2D eigenvalue weighted by molar-refractivity contribution is 9.10. The third-order valence-electron chi connectivity index (χ3n) is 6.05. The fraction of sp³-hybridized carbons (Fsp3) is 0.360. The van der Waals surface area contributed by atoms with Crippen LogP contribution in [0.3, 0.4) is 0 Å². The number of hydrogen-bond donors (Lipinski definition) is 1. The standard InChI is InChI=1S/C25H26BrN5OS3/c1-14(2)31-23(19-11-33-21-10-15(3)4-9-18(19)21)29-30-25(31)35-13-22(32)28-24-27-20(12-34-24)16-5-7-17(26)8-6-16/h5-8,11-12,14-15H,4,9-10,13H2,1-3H3,(H,27,28,32). The molecule has 1 N–H and O–H groups in total. The first-order valence-electron chi connectivity index (χ1n) is 11.6. The number of halogens is 1. The normalized spacial score (nSPS) is 15.4. The molecule has 0 spiro atoms. The minimum Gasteiger partial charge on any atom is -0.301 e. The van der Waals surface area contributed by atoms with E-state index in [1.165, 1.54) is 45.5 Å². The van der Waals surface area contributed by atoms with Gasteiger partial charge < -0.3 is 5.32 Å². The first-order chi connectivity index (χ1) is 16.9. The number of anilines is 1. The second-order valence-corrected chi connectivity index (χ2v) is 12.7. The minimum atomic E-state index is -0.103. The first kappa shape index (κ1) is 24.7. The molecule has 0 fully saturated rings. The van der Waals surface area contributed by atoms with Crippen molar-refractivity contribution in [3.63, 3.8) is 0 Å². The van der Waals surface area contributed by atoms with Crippen LogP contribution < -0.4 is 5.32 Å². The van der Waals surface area contributed by atoms with E-state index in [0.717, 1.165) is 45.5 Å². The third kappa shape index (κ3) is 5.40.